The molecule has 1 aliphatic heterocycles. The Balaban J connectivity index is 1.28. The predicted molar refractivity (Wildman–Crippen MR) is 128 cm³/mol. The van der Waals surface area contributed by atoms with Crippen molar-refractivity contribution in [1.29, 1.82) is 0 Å². The quantitative estimate of drug-likeness (QED) is 0.658. The largest absolute Gasteiger partial charge is 0.353 e. The van der Waals surface area contributed by atoms with Crippen LogP contribution >= 0.6 is 0 Å². The molecule has 1 atom stereocenters. The van der Waals surface area contributed by atoms with Crippen LogP contribution in [0.1, 0.15) is 77.2 Å². The van der Waals surface area contributed by atoms with E-state index in [2.05, 4.69) is 10.0 Å². The molecule has 2 fully saturated rings. The van der Waals surface area contributed by atoms with Gasteiger partial charge in [0.15, 0.2) is 0 Å². The molecule has 0 saturated heterocycles. The highest BCUT2D eigenvalue weighted by molar-refractivity contribution is 7.89. The summed E-state index contributed by atoms with van der Waals surface area (Å²) in [5, 5.41) is 3.24. The summed E-state index contributed by atoms with van der Waals surface area (Å²) in [6.45, 7) is 3.90. The summed E-state index contributed by atoms with van der Waals surface area (Å²) in [5.41, 5.74) is 1.70. The van der Waals surface area contributed by atoms with Crippen LogP contribution < -0.4 is 14.9 Å². The van der Waals surface area contributed by atoms with E-state index in [0.29, 0.717) is 19.0 Å². The highest BCUT2D eigenvalue weighted by Crippen LogP contribution is 2.34. The fraction of sp³-hybridized carbons (Fsp3) is 0.680. The molecule has 182 valence electrons. The predicted octanol–water partition coefficient (Wildman–Crippen LogP) is 3.52. The number of carbonyl (C=O) groups excluding carboxylic acids is 2. The number of hydrogen-bond acceptors (Lipinski definition) is 4. The van der Waals surface area contributed by atoms with Gasteiger partial charge in [0, 0.05) is 37.2 Å². The molecule has 1 aromatic carbocycles. The number of rotatable bonds is 6. The van der Waals surface area contributed by atoms with E-state index in [4.69, 9.17) is 0 Å². The maximum Gasteiger partial charge on any atom is 0.240 e. The van der Waals surface area contributed by atoms with Crippen LogP contribution in [0.3, 0.4) is 0 Å². The minimum absolute atomic E-state index is 0.0296. The molecule has 2 aliphatic carbocycles. The summed E-state index contributed by atoms with van der Waals surface area (Å²) in [4.78, 5) is 26.5. The maximum atomic E-state index is 12.9. The number of benzene rings is 1. The number of fused-ring (bicyclic) bond motifs is 1. The van der Waals surface area contributed by atoms with E-state index in [1.165, 1.54) is 26.2 Å². The third-order valence-corrected chi connectivity index (χ3v) is 9.07. The second-order valence-corrected chi connectivity index (χ2v) is 11.9. The molecule has 4 rings (SSSR count). The highest BCUT2D eigenvalue weighted by atomic mass is 32.2. The van der Waals surface area contributed by atoms with Crippen molar-refractivity contribution in [3.05, 3.63) is 23.8 Å². The van der Waals surface area contributed by atoms with Gasteiger partial charge in [0.2, 0.25) is 21.8 Å². The molecule has 3 aliphatic rings. The molecule has 1 aromatic rings. The first kappa shape index (κ1) is 24.2. The van der Waals surface area contributed by atoms with Gasteiger partial charge in [0.1, 0.15) is 0 Å². The molecule has 0 radical (unpaired) electrons. The Kier molecular flexibility index (Phi) is 7.43. The van der Waals surface area contributed by atoms with Crippen molar-refractivity contribution in [2.24, 2.45) is 11.8 Å². The van der Waals surface area contributed by atoms with E-state index in [9.17, 15) is 18.0 Å². The van der Waals surface area contributed by atoms with Crippen LogP contribution in [0.2, 0.25) is 0 Å². The average Bonchev–Trinajstić information content (AvgIpc) is 3.14. The van der Waals surface area contributed by atoms with Gasteiger partial charge in [-0.05, 0) is 81.5 Å². The summed E-state index contributed by atoms with van der Waals surface area (Å²) in [7, 11) is -3.62. The minimum atomic E-state index is -3.62. The van der Waals surface area contributed by atoms with Crippen LogP contribution in [-0.2, 0) is 26.0 Å². The van der Waals surface area contributed by atoms with Crippen LogP contribution in [0.25, 0.3) is 0 Å². The molecule has 8 heteroatoms. The lowest BCUT2D eigenvalue weighted by atomic mass is 9.81. The first-order valence-corrected chi connectivity index (χ1v) is 14.0. The fourth-order valence-electron chi connectivity index (χ4n) is 5.76. The van der Waals surface area contributed by atoms with Gasteiger partial charge in [0.25, 0.3) is 0 Å². The molecule has 7 nitrogen and oxygen atoms in total. The van der Waals surface area contributed by atoms with Crippen molar-refractivity contribution >= 4 is 27.5 Å². The molecule has 0 spiro atoms. The molecule has 0 aromatic heterocycles. The van der Waals surface area contributed by atoms with Gasteiger partial charge < -0.3 is 10.2 Å². The van der Waals surface area contributed by atoms with Crippen molar-refractivity contribution in [3.63, 3.8) is 0 Å². The van der Waals surface area contributed by atoms with Gasteiger partial charge in [-0.3, -0.25) is 9.59 Å². The Morgan fingerprint density at radius 3 is 2.39 bits per heavy atom. The number of nitrogens with zero attached hydrogens (tertiary/aromatic N) is 1. The van der Waals surface area contributed by atoms with Gasteiger partial charge in [-0.25, -0.2) is 13.1 Å². The normalized spacial score (nSPS) is 26.1. The van der Waals surface area contributed by atoms with E-state index >= 15 is 0 Å². The van der Waals surface area contributed by atoms with E-state index in [1.54, 1.807) is 23.1 Å². The molecule has 2 N–H and O–H groups in total. The van der Waals surface area contributed by atoms with Crippen molar-refractivity contribution in [3.8, 4) is 0 Å². The van der Waals surface area contributed by atoms with Crippen molar-refractivity contribution < 1.29 is 18.0 Å². The lowest BCUT2D eigenvalue weighted by Gasteiger charge is -2.30. The zero-order valence-corrected chi connectivity index (χ0v) is 20.6. The lowest BCUT2D eigenvalue weighted by Crippen LogP contribution is -2.41. The topological polar surface area (TPSA) is 95.6 Å². The molecule has 0 unspecified atom stereocenters. The summed E-state index contributed by atoms with van der Waals surface area (Å²) >= 11 is 0. The third-order valence-electron chi connectivity index (χ3n) is 7.65. The summed E-state index contributed by atoms with van der Waals surface area (Å²) in [5.74, 6) is 0.467. The zero-order chi connectivity index (χ0) is 23.6. The lowest BCUT2D eigenvalue weighted by molar-refractivity contribution is -0.127. The van der Waals surface area contributed by atoms with Crippen LogP contribution in [0.15, 0.2) is 23.1 Å². The first-order chi connectivity index (χ1) is 15.7. The molecule has 0 bridgehead atoms. The summed E-state index contributed by atoms with van der Waals surface area (Å²) in [6.07, 6.45) is 9.90. The molecular formula is C25H37N3O4S. The summed E-state index contributed by atoms with van der Waals surface area (Å²) in [6, 6.07) is 5.40. The third kappa shape index (κ3) is 5.60. The van der Waals surface area contributed by atoms with E-state index in [0.717, 1.165) is 49.8 Å². The second-order valence-electron chi connectivity index (χ2n) is 10.1. The zero-order valence-electron chi connectivity index (χ0n) is 19.8. The Morgan fingerprint density at radius 1 is 1.03 bits per heavy atom. The van der Waals surface area contributed by atoms with Crippen molar-refractivity contribution in [2.45, 2.75) is 95.0 Å². The van der Waals surface area contributed by atoms with E-state index < -0.39 is 10.0 Å². The van der Waals surface area contributed by atoms with E-state index in [1.807, 2.05) is 6.92 Å². The van der Waals surface area contributed by atoms with Gasteiger partial charge in [-0.1, -0.05) is 19.3 Å². The number of nitrogens with one attached hydrogen (secondary N) is 2. The smallest absolute Gasteiger partial charge is 0.240 e. The van der Waals surface area contributed by atoms with Crippen LogP contribution in [0.4, 0.5) is 5.69 Å². The Hall–Kier alpha value is -1.93. The maximum absolute atomic E-state index is 12.9. The van der Waals surface area contributed by atoms with Crippen LogP contribution in [0.5, 0.6) is 0 Å². The van der Waals surface area contributed by atoms with Gasteiger partial charge in [-0.2, -0.15) is 0 Å². The number of anilines is 1. The summed E-state index contributed by atoms with van der Waals surface area (Å²) < 4.78 is 28.6. The van der Waals surface area contributed by atoms with Gasteiger partial charge in [0.05, 0.1) is 4.90 Å². The standard InChI is InChI=1S/C25H37N3O4S/c1-17-14-21-15-23(12-13-24(21)28(17)18(2)29)33(31,32)26-16-19-8-10-20(11-9-19)25(30)27-22-6-4-3-5-7-22/h12-13,15,17,19-20,22,26H,3-11,14,16H2,1-2H3,(H,27,30)/t17-,19?,20?/m1/s1. The number of amides is 2. The first-order valence-electron chi connectivity index (χ1n) is 12.5. The molecule has 2 saturated carbocycles. The average molecular weight is 476 g/mol. The van der Waals surface area contributed by atoms with Crippen LogP contribution in [-0.4, -0.2) is 38.9 Å². The SMILES string of the molecule is CC(=O)N1c2ccc(S(=O)(=O)NCC3CCC(C(=O)NC4CCCCC4)CC3)cc2C[C@H]1C. The van der Waals surface area contributed by atoms with Crippen LogP contribution in [0, 0.1) is 11.8 Å². The van der Waals surface area contributed by atoms with Crippen molar-refractivity contribution in [2.75, 3.05) is 11.4 Å². The van der Waals surface area contributed by atoms with Gasteiger partial charge >= 0.3 is 0 Å². The molecule has 33 heavy (non-hydrogen) atoms. The second kappa shape index (κ2) is 10.1. The monoisotopic (exact) mass is 475 g/mol. The minimum Gasteiger partial charge on any atom is -0.353 e. The molecule has 2 amide bonds. The molecule has 1 heterocycles. The van der Waals surface area contributed by atoms with Crippen molar-refractivity contribution in [1.82, 2.24) is 10.0 Å². The van der Waals surface area contributed by atoms with E-state index in [-0.39, 0.29) is 34.6 Å². The Bertz CT molecular complexity index is 979. The fourth-order valence-corrected chi connectivity index (χ4v) is 6.93. The Labute approximate surface area is 197 Å². The van der Waals surface area contributed by atoms with Gasteiger partial charge in [-0.15, -0.1) is 0 Å². The molecular weight excluding hydrogens is 438 g/mol. The Morgan fingerprint density at radius 2 is 1.73 bits per heavy atom. The number of carbonyl (C=O) groups is 2. The number of hydrogen-bond donors (Lipinski definition) is 2. The highest BCUT2D eigenvalue weighted by Gasteiger charge is 2.31. The number of sulfonamides is 1.